The first-order valence-corrected chi connectivity index (χ1v) is 11.6. The average molecular weight is 465 g/mol. The first kappa shape index (κ1) is 22.4. The Morgan fingerprint density at radius 3 is 2.53 bits per heavy atom. The molecule has 0 spiro atoms. The van der Waals surface area contributed by atoms with Gasteiger partial charge in [0.15, 0.2) is 0 Å². The van der Waals surface area contributed by atoms with Crippen molar-refractivity contribution in [1.82, 2.24) is 0 Å². The van der Waals surface area contributed by atoms with Crippen LogP contribution in [0.4, 0.5) is 8.78 Å². The van der Waals surface area contributed by atoms with Crippen LogP contribution < -0.4 is 9.47 Å². The van der Waals surface area contributed by atoms with Crippen LogP contribution in [0, 0.1) is 17.6 Å². The molecule has 2 aliphatic rings. The zero-order valence-corrected chi connectivity index (χ0v) is 18.9. The van der Waals surface area contributed by atoms with Gasteiger partial charge in [-0.1, -0.05) is 12.1 Å². The predicted octanol–water partition coefficient (Wildman–Crippen LogP) is 6.68. The molecule has 2 atom stereocenters. The lowest BCUT2D eigenvalue weighted by Crippen LogP contribution is -2.09. The first-order chi connectivity index (χ1) is 16.4. The number of ether oxygens (including phenoxy) is 2. The van der Waals surface area contributed by atoms with Gasteiger partial charge in [0.05, 0.1) is 13.5 Å². The molecule has 6 heteroatoms. The van der Waals surface area contributed by atoms with Gasteiger partial charge in [0.1, 0.15) is 29.2 Å². The molecular weight excluding hydrogens is 438 g/mol. The number of hydrogen-bond donors (Lipinski definition) is 1. The minimum Gasteiger partial charge on any atom is -0.497 e. The fourth-order valence-corrected chi connectivity index (χ4v) is 4.98. The van der Waals surface area contributed by atoms with E-state index >= 15 is 4.39 Å². The molecule has 0 radical (unpaired) electrons. The number of carboxylic acids is 1. The molecule has 2 unspecified atom stereocenters. The summed E-state index contributed by atoms with van der Waals surface area (Å²) in [6, 6.07) is 15.0. The standard InChI is InChI=1S/C28H26F2O4/c1-33-19-8-9-25(29)24(13-19)23-12-18-7-10-27(22(18)14-26(23)30)34-20-4-2-3-17(11-20)21(15-28(31)32)16-5-6-16/h2-4,8-9,11-14,16,21,27H,5-7,10,15H2,1H3,(H,31,32). The van der Waals surface area contributed by atoms with E-state index in [0.717, 1.165) is 29.5 Å². The van der Waals surface area contributed by atoms with Crippen molar-refractivity contribution in [2.75, 3.05) is 7.11 Å². The van der Waals surface area contributed by atoms with Crippen LogP contribution in [-0.4, -0.2) is 18.2 Å². The predicted molar refractivity (Wildman–Crippen MR) is 124 cm³/mol. The smallest absolute Gasteiger partial charge is 0.303 e. The summed E-state index contributed by atoms with van der Waals surface area (Å²) in [7, 11) is 1.49. The summed E-state index contributed by atoms with van der Waals surface area (Å²) >= 11 is 0. The van der Waals surface area contributed by atoms with Crippen molar-refractivity contribution in [3.05, 3.63) is 82.9 Å². The molecule has 176 valence electrons. The summed E-state index contributed by atoms with van der Waals surface area (Å²) in [4.78, 5) is 11.3. The monoisotopic (exact) mass is 464 g/mol. The third-order valence-corrected chi connectivity index (χ3v) is 6.87. The van der Waals surface area contributed by atoms with Gasteiger partial charge in [0.25, 0.3) is 0 Å². The quantitative estimate of drug-likeness (QED) is 0.404. The van der Waals surface area contributed by atoms with E-state index in [1.54, 1.807) is 6.07 Å². The molecule has 4 nitrogen and oxygen atoms in total. The first-order valence-electron chi connectivity index (χ1n) is 11.6. The average Bonchev–Trinajstić information content (AvgIpc) is 3.60. The maximum atomic E-state index is 15.1. The van der Waals surface area contributed by atoms with Crippen LogP contribution in [0.3, 0.4) is 0 Å². The summed E-state index contributed by atoms with van der Waals surface area (Å²) in [5.74, 6) is -0.316. The van der Waals surface area contributed by atoms with Crippen LogP contribution in [0.25, 0.3) is 11.1 Å². The van der Waals surface area contributed by atoms with Crippen LogP contribution in [0.1, 0.15) is 54.4 Å². The molecular formula is C28H26F2O4. The summed E-state index contributed by atoms with van der Waals surface area (Å²) in [6.45, 7) is 0. The summed E-state index contributed by atoms with van der Waals surface area (Å²) in [5.41, 5.74) is 3.04. The molecule has 3 aromatic rings. The van der Waals surface area contributed by atoms with Gasteiger partial charge in [-0.2, -0.15) is 0 Å². The van der Waals surface area contributed by atoms with Crippen molar-refractivity contribution in [2.45, 2.75) is 44.1 Å². The van der Waals surface area contributed by atoms with Gasteiger partial charge in [-0.25, -0.2) is 8.78 Å². The summed E-state index contributed by atoms with van der Waals surface area (Å²) < 4.78 is 41.0. The number of hydrogen-bond acceptors (Lipinski definition) is 3. The molecule has 0 saturated heterocycles. The highest BCUT2D eigenvalue weighted by Gasteiger charge is 2.34. The Labute approximate surface area is 197 Å². The number of methoxy groups -OCH3 is 1. The van der Waals surface area contributed by atoms with Gasteiger partial charge in [0.2, 0.25) is 0 Å². The fourth-order valence-electron chi connectivity index (χ4n) is 4.98. The number of halogens is 2. The Kier molecular flexibility index (Phi) is 5.98. The van der Waals surface area contributed by atoms with E-state index in [1.807, 2.05) is 24.3 Å². The molecule has 2 aliphatic carbocycles. The highest BCUT2D eigenvalue weighted by molar-refractivity contribution is 5.69. The third-order valence-electron chi connectivity index (χ3n) is 6.87. The molecule has 1 fully saturated rings. The lowest BCUT2D eigenvalue weighted by Gasteiger charge is -2.19. The Balaban J connectivity index is 1.40. The molecule has 5 rings (SSSR count). The Bertz CT molecular complexity index is 1240. The number of benzene rings is 3. The van der Waals surface area contributed by atoms with Crippen molar-refractivity contribution in [3.63, 3.8) is 0 Å². The van der Waals surface area contributed by atoms with Crippen LogP contribution >= 0.6 is 0 Å². The van der Waals surface area contributed by atoms with Gasteiger partial charge in [-0.3, -0.25) is 4.79 Å². The second-order valence-electron chi connectivity index (χ2n) is 9.14. The van der Waals surface area contributed by atoms with Crippen molar-refractivity contribution >= 4 is 5.97 Å². The number of aryl methyl sites for hydroxylation is 1. The molecule has 1 N–H and O–H groups in total. The molecule has 0 aliphatic heterocycles. The second-order valence-corrected chi connectivity index (χ2v) is 9.14. The highest BCUT2D eigenvalue weighted by Crippen LogP contribution is 2.46. The number of carboxylic acid groups (broad SMARTS) is 1. The van der Waals surface area contributed by atoms with Crippen molar-refractivity contribution in [3.8, 4) is 22.6 Å². The normalized spacial score (nSPS) is 17.8. The summed E-state index contributed by atoms with van der Waals surface area (Å²) in [6.07, 6.45) is 3.27. The van der Waals surface area contributed by atoms with Crippen LogP contribution in [-0.2, 0) is 11.2 Å². The van der Waals surface area contributed by atoms with E-state index in [-0.39, 0.29) is 29.6 Å². The van der Waals surface area contributed by atoms with E-state index in [0.29, 0.717) is 30.3 Å². The largest absolute Gasteiger partial charge is 0.497 e. The third kappa shape index (κ3) is 4.49. The zero-order chi connectivity index (χ0) is 23.8. The maximum Gasteiger partial charge on any atom is 0.303 e. The zero-order valence-electron chi connectivity index (χ0n) is 18.9. The molecule has 3 aromatic carbocycles. The number of carbonyl (C=O) groups is 1. The van der Waals surface area contributed by atoms with Crippen LogP contribution in [0.5, 0.6) is 11.5 Å². The molecule has 0 amide bonds. The molecule has 0 bridgehead atoms. The van der Waals surface area contributed by atoms with Gasteiger partial charge in [0, 0.05) is 11.1 Å². The lowest BCUT2D eigenvalue weighted by atomic mass is 9.91. The second kappa shape index (κ2) is 9.09. The fraction of sp³-hybridized carbons (Fsp3) is 0.321. The highest BCUT2D eigenvalue weighted by atomic mass is 19.1. The topological polar surface area (TPSA) is 55.8 Å². The SMILES string of the molecule is COc1ccc(F)c(-c2cc3c(cc2F)C(Oc2cccc(C(CC(=O)O)C4CC4)c2)CC3)c1. The van der Waals surface area contributed by atoms with Crippen molar-refractivity contribution in [1.29, 1.82) is 0 Å². The van der Waals surface area contributed by atoms with E-state index in [2.05, 4.69) is 0 Å². The Morgan fingerprint density at radius 2 is 1.79 bits per heavy atom. The van der Waals surface area contributed by atoms with E-state index in [1.165, 1.54) is 31.4 Å². The Morgan fingerprint density at radius 1 is 1.00 bits per heavy atom. The number of aliphatic carboxylic acids is 1. The van der Waals surface area contributed by atoms with E-state index in [9.17, 15) is 14.3 Å². The number of fused-ring (bicyclic) bond motifs is 1. The molecule has 0 aromatic heterocycles. The van der Waals surface area contributed by atoms with E-state index in [4.69, 9.17) is 9.47 Å². The number of rotatable bonds is 8. The minimum atomic E-state index is -0.799. The van der Waals surface area contributed by atoms with Crippen molar-refractivity contribution < 1.29 is 28.2 Å². The lowest BCUT2D eigenvalue weighted by molar-refractivity contribution is -0.137. The Hall–Kier alpha value is -3.41. The van der Waals surface area contributed by atoms with Gasteiger partial charge < -0.3 is 14.6 Å². The van der Waals surface area contributed by atoms with Gasteiger partial charge in [-0.05, 0) is 96.7 Å². The summed E-state index contributed by atoms with van der Waals surface area (Å²) in [5, 5.41) is 9.31. The van der Waals surface area contributed by atoms with Crippen molar-refractivity contribution in [2.24, 2.45) is 5.92 Å². The van der Waals surface area contributed by atoms with Gasteiger partial charge >= 0.3 is 5.97 Å². The molecule has 0 heterocycles. The molecule has 34 heavy (non-hydrogen) atoms. The van der Waals surface area contributed by atoms with E-state index < -0.39 is 17.6 Å². The minimum absolute atomic E-state index is 0.0188. The van der Waals surface area contributed by atoms with Crippen LogP contribution in [0.2, 0.25) is 0 Å². The maximum absolute atomic E-state index is 15.1. The molecule has 1 saturated carbocycles. The van der Waals surface area contributed by atoms with Crippen LogP contribution in [0.15, 0.2) is 54.6 Å². The van der Waals surface area contributed by atoms with Gasteiger partial charge in [-0.15, -0.1) is 0 Å².